The molecule has 0 fully saturated rings. The molecule has 0 aliphatic heterocycles. The molecule has 2 N–H and O–H groups in total. The maximum atomic E-state index is 12.5. The van der Waals surface area contributed by atoms with Crippen LogP contribution in [-0.4, -0.2) is 19.3 Å². The highest BCUT2D eigenvalue weighted by Crippen LogP contribution is 2.26. The van der Waals surface area contributed by atoms with E-state index in [2.05, 4.69) is 15.0 Å². The highest BCUT2D eigenvalue weighted by molar-refractivity contribution is 7.92. The molecule has 1 heterocycles. The highest BCUT2D eigenvalue weighted by atomic mass is 35.5. The SMILES string of the molecule is Cc1ccc(NC(=O)c2cccc(NS(=O)(=O)c3ccc(Cl)c(Cl)c3)c2)nc1. The molecule has 0 atom stereocenters. The number of nitrogens with one attached hydrogen (secondary N) is 2. The number of halogens is 2. The fourth-order valence-electron chi connectivity index (χ4n) is 2.31. The number of anilines is 2. The third-order valence-electron chi connectivity index (χ3n) is 3.73. The van der Waals surface area contributed by atoms with Crippen LogP contribution < -0.4 is 10.0 Å². The molecule has 0 radical (unpaired) electrons. The summed E-state index contributed by atoms with van der Waals surface area (Å²) in [6.45, 7) is 1.89. The number of carbonyl (C=O) groups excluding carboxylic acids is 1. The van der Waals surface area contributed by atoms with Gasteiger partial charge in [0.05, 0.1) is 14.9 Å². The average molecular weight is 436 g/mol. The Morgan fingerprint density at radius 1 is 1.00 bits per heavy atom. The first-order valence-electron chi connectivity index (χ1n) is 8.06. The molecule has 2 aromatic carbocycles. The average Bonchev–Trinajstić information content (AvgIpc) is 2.65. The van der Waals surface area contributed by atoms with Crippen LogP contribution in [0.25, 0.3) is 0 Å². The summed E-state index contributed by atoms with van der Waals surface area (Å²) < 4.78 is 27.5. The molecule has 9 heteroatoms. The van der Waals surface area contributed by atoms with Crippen molar-refractivity contribution in [1.82, 2.24) is 4.98 Å². The van der Waals surface area contributed by atoms with Gasteiger partial charge in [-0.1, -0.05) is 35.3 Å². The molecule has 0 bridgehead atoms. The third-order valence-corrected chi connectivity index (χ3v) is 5.85. The maximum Gasteiger partial charge on any atom is 0.261 e. The largest absolute Gasteiger partial charge is 0.307 e. The molecule has 0 aliphatic carbocycles. The normalized spacial score (nSPS) is 11.1. The summed E-state index contributed by atoms with van der Waals surface area (Å²) in [6.07, 6.45) is 1.64. The van der Waals surface area contributed by atoms with Crippen molar-refractivity contribution in [3.63, 3.8) is 0 Å². The van der Waals surface area contributed by atoms with Crippen LogP contribution in [0.15, 0.2) is 65.7 Å². The van der Waals surface area contributed by atoms with E-state index in [9.17, 15) is 13.2 Å². The number of rotatable bonds is 5. The molecule has 0 saturated heterocycles. The summed E-state index contributed by atoms with van der Waals surface area (Å²) in [5.41, 5.74) is 1.48. The lowest BCUT2D eigenvalue weighted by atomic mass is 10.2. The zero-order valence-electron chi connectivity index (χ0n) is 14.6. The van der Waals surface area contributed by atoms with Crippen LogP contribution in [0.5, 0.6) is 0 Å². The first-order chi connectivity index (χ1) is 13.2. The number of carbonyl (C=O) groups is 1. The molecule has 0 unspecified atom stereocenters. The molecule has 6 nitrogen and oxygen atoms in total. The molecule has 0 spiro atoms. The number of sulfonamides is 1. The smallest absolute Gasteiger partial charge is 0.261 e. The van der Waals surface area contributed by atoms with E-state index in [1.54, 1.807) is 24.4 Å². The summed E-state index contributed by atoms with van der Waals surface area (Å²) in [4.78, 5) is 16.5. The number of amides is 1. The minimum Gasteiger partial charge on any atom is -0.307 e. The third kappa shape index (κ3) is 4.81. The Bertz CT molecular complexity index is 1130. The lowest BCUT2D eigenvalue weighted by Gasteiger charge is -2.10. The predicted octanol–water partition coefficient (Wildman–Crippen LogP) is 4.75. The van der Waals surface area contributed by atoms with Crippen molar-refractivity contribution in [1.29, 1.82) is 0 Å². The molecule has 0 saturated carbocycles. The van der Waals surface area contributed by atoms with Crippen LogP contribution in [0, 0.1) is 6.92 Å². The van der Waals surface area contributed by atoms with E-state index in [1.807, 2.05) is 13.0 Å². The van der Waals surface area contributed by atoms with Gasteiger partial charge in [0, 0.05) is 17.4 Å². The van der Waals surface area contributed by atoms with Crippen molar-refractivity contribution in [3.05, 3.63) is 82.0 Å². The van der Waals surface area contributed by atoms with Crippen LogP contribution in [0.3, 0.4) is 0 Å². The lowest BCUT2D eigenvalue weighted by Crippen LogP contribution is -2.15. The van der Waals surface area contributed by atoms with Gasteiger partial charge in [0.25, 0.3) is 15.9 Å². The molecule has 3 aromatic rings. The number of hydrogen-bond donors (Lipinski definition) is 2. The van der Waals surface area contributed by atoms with Gasteiger partial charge in [0.15, 0.2) is 0 Å². The standard InChI is InChI=1S/C19H15Cl2N3O3S/c1-12-5-8-18(22-11-12)23-19(25)13-3-2-4-14(9-13)24-28(26,27)15-6-7-16(20)17(21)10-15/h2-11,24H,1H3,(H,22,23,25). The monoisotopic (exact) mass is 435 g/mol. The highest BCUT2D eigenvalue weighted by Gasteiger charge is 2.17. The van der Waals surface area contributed by atoms with E-state index in [4.69, 9.17) is 23.2 Å². The van der Waals surface area contributed by atoms with E-state index < -0.39 is 15.9 Å². The van der Waals surface area contributed by atoms with Crippen LogP contribution in [0.2, 0.25) is 10.0 Å². The van der Waals surface area contributed by atoms with E-state index in [0.717, 1.165) is 5.56 Å². The molecule has 144 valence electrons. The number of pyridine rings is 1. The number of aromatic nitrogens is 1. The van der Waals surface area contributed by atoms with Gasteiger partial charge in [-0.15, -0.1) is 0 Å². The summed E-state index contributed by atoms with van der Waals surface area (Å²) in [5.74, 6) is -0.00988. The summed E-state index contributed by atoms with van der Waals surface area (Å²) in [7, 11) is -3.90. The van der Waals surface area contributed by atoms with Gasteiger partial charge in [0.1, 0.15) is 5.82 Å². The molecule has 1 aromatic heterocycles. The quantitative estimate of drug-likeness (QED) is 0.604. The Morgan fingerprint density at radius 2 is 1.79 bits per heavy atom. The fraction of sp³-hybridized carbons (Fsp3) is 0.0526. The van der Waals surface area contributed by atoms with Crippen LogP contribution in [-0.2, 0) is 10.0 Å². The first kappa shape index (κ1) is 20.1. The second-order valence-corrected chi connectivity index (χ2v) is 8.43. The van der Waals surface area contributed by atoms with Crippen molar-refractivity contribution in [3.8, 4) is 0 Å². The first-order valence-corrected chi connectivity index (χ1v) is 10.3. The Labute approximate surface area is 172 Å². The molecule has 0 aliphatic rings. The Balaban J connectivity index is 1.79. The van der Waals surface area contributed by atoms with Crippen molar-refractivity contribution in [2.24, 2.45) is 0 Å². The molecule has 28 heavy (non-hydrogen) atoms. The van der Waals surface area contributed by atoms with Crippen LogP contribution in [0.1, 0.15) is 15.9 Å². The van der Waals surface area contributed by atoms with E-state index >= 15 is 0 Å². The van der Waals surface area contributed by atoms with E-state index in [-0.39, 0.29) is 26.2 Å². The Hall–Kier alpha value is -2.61. The van der Waals surface area contributed by atoms with Gasteiger partial charge in [-0.05, 0) is 55.0 Å². The molecular formula is C19H15Cl2N3O3S. The van der Waals surface area contributed by atoms with Crippen molar-refractivity contribution in [2.45, 2.75) is 11.8 Å². The number of nitrogens with zero attached hydrogens (tertiary/aromatic N) is 1. The van der Waals surface area contributed by atoms with Gasteiger partial charge in [-0.25, -0.2) is 13.4 Å². The van der Waals surface area contributed by atoms with Crippen LogP contribution in [0.4, 0.5) is 11.5 Å². The zero-order valence-corrected chi connectivity index (χ0v) is 16.9. The fourth-order valence-corrected chi connectivity index (χ4v) is 3.75. The predicted molar refractivity (Wildman–Crippen MR) is 111 cm³/mol. The Kier molecular flexibility index (Phi) is 5.88. The van der Waals surface area contributed by atoms with Crippen LogP contribution >= 0.6 is 23.2 Å². The second-order valence-electron chi connectivity index (χ2n) is 5.94. The number of benzene rings is 2. The van der Waals surface area contributed by atoms with Gasteiger partial charge in [-0.2, -0.15) is 0 Å². The van der Waals surface area contributed by atoms with E-state index in [1.165, 1.54) is 30.3 Å². The maximum absolute atomic E-state index is 12.5. The minimum absolute atomic E-state index is 0.0411. The molecular weight excluding hydrogens is 421 g/mol. The topological polar surface area (TPSA) is 88.2 Å². The van der Waals surface area contributed by atoms with Crippen molar-refractivity contribution in [2.75, 3.05) is 10.0 Å². The number of aryl methyl sites for hydroxylation is 1. The van der Waals surface area contributed by atoms with Crippen molar-refractivity contribution >= 4 is 50.6 Å². The Morgan fingerprint density at radius 3 is 2.46 bits per heavy atom. The zero-order chi connectivity index (χ0) is 20.3. The molecule has 1 amide bonds. The molecule has 3 rings (SSSR count). The second kappa shape index (κ2) is 8.18. The minimum atomic E-state index is -3.90. The van der Waals surface area contributed by atoms with Gasteiger partial charge >= 0.3 is 0 Å². The summed E-state index contributed by atoms with van der Waals surface area (Å²) in [6, 6.07) is 13.6. The van der Waals surface area contributed by atoms with Gasteiger partial charge in [0.2, 0.25) is 0 Å². The van der Waals surface area contributed by atoms with Crippen molar-refractivity contribution < 1.29 is 13.2 Å². The summed E-state index contributed by atoms with van der Waals surface area (Å²) >= 11 is 11.7. The van der Waals surface area contributed by atoms with E-state index in [0.29, 0.717) is 5.82 Å². The van der Waals surface area contributed by atoms with Gasteiger partial charge < -0.3 is 5.32 Å². The number of hydrogen-bond acceptors (Lipinski definition) is 4. The summed E-state index contributed by atoms with van der Waals surface area (Å²) in [5, 5.41) is 3.04. The lowest BCUT2D eigenvalue weighted by molar-refractivity contribution is 0.102. The van der Waals surface area contributed by atoms with Gasteiger partial charge in [-0.3, -0.25) is 9.52 Å².